The first-order valence-electron chi connectivity index (χ1n) is 10.6. The number of amides is 1. The molecule has 162 valence electrons. The summed E-state index contributed by atoms with van der Waals surface area (Å²) in [4.78, 5) is 28.6. The van der Waals surface area contributed by atoms with Crippen LogP contribution in [0.3, 0.4) is 0 Å². The highest BCUT2D eigenvalue weighted by molar-refractivity contribution is 5.94. The number of nitrogens with zero attached hydrogens (tertiary/aromatic N) is 1. The number of phenolic OH excluding ortho intramolecular Hbond substituents is 1. The number of aromatic nitrogens is 1. The maximum Gasteiger partial charge on any atom is 0.253 e. The summed E-state index contributed by atoms with van der Waals surface area (Å²) in [5.74, 6) is 0.0580. The smallest absolute Gasteiger partial charge is 0.253 e. The van der Waals surface area contributed by atoms with Crippen molar-refractivity contribution in [1.29, 1.82) is 0 Å². The predicted molar refractivity (Wildman–Crippen MR) is 119 cm³/mol. The second kappa shape index (κ2) is 9.32. The summed E-state index contributed by atoms with van der Waals surface area (Å²) < 4.78 is 0. The molecule has 1 saturated heterocycles. The largest absolute Gasteiger partial charge is 0.506 e. The molecule has 1 atom stereocenters. The van der Waals surface area contributed by atoms with Crippen molar-refractivity contribution in [3.05, 3.63) is 75.6 Å². The minimum Gasteiger partial charge on any atom is -0.506 e. The van der Waals surface area contributed by atoms with E-state index in [0.717, 1.165) is 31.5 Å². The summed E-state index contributed by atoms with van der Waals surface area (Å²) in [5.41, 5.74) is 2.35. The van der Waals surface area contributed by atoms with Crippen molar-refractivity contribution in [3.8, 4) is 5.75 Å². The van der Waals surface area contributed by atoms with Crippen LogP contribution in [-0.2, 0) is 6.54 Å². The Kier molecular flexibility index (Phi) is 6.34. The summed E-state index contributed by atoms with van der Waals surface area (Å²) in [6.45, 7) is 2.51. The maximum atomic E-state index is 12.6. The third-order valence-electron chi connectivity index (χ3n) is 5.78. The lowest BCUT2D eigenvalue weighted by Gasteiger charge is -2.26. The van der Waals surface area contributed by atoms with Gasteiger partial charge < -0.3 is 25.4 Å². The molecule has 1 fully saturated rings. The van der Waals surface area contributed by atoms with Gasteiger partial charge in [0.05, 0.1) is 11.6 Å². The number of aliphatic hydroxyl groups is 1. The van der Waals surface area contributed by atoms with Crippen molar-refractivity contribution in [2.24, 2.45) is 0 Å². The standard InChI is InChI=1S/C24H27N3O4/c28-20-10-8-18(19-9-11-22(30)26-23(19)20)21(29)15-25-14-16-4-6-17(7-5-16)24(31)27-12-2-1-3-13-27/h4-11,21,25,28-29H,1-3,12-15H2,(H,26,30). The predicted octanol–water partition coefficient (Wildman–Crippen LogP) is 2.68. The van der Waals surface area contributed by atoms with E-state index in [1.807, 2.05) is 29.2 Å². The lowest BCUT2D eigenvalue weighted by molar-refractivity contribution is 0.0724. The molecule has 1 aliphatic rings. The van der Waals surface area contributed by atoms with Crippen LogP contribution >= 0.6 is 0 Å². The van der Waals surface area contributed by atoms with Crippen molar-refractivity contribution in [2.75, 3.05) is 19.6 Å². The zero-order valence-electron chi connectivity index (χ0n) is 17.3. The van der Waals surface area contributed by atoms with E-state index in [4.69, 9.17) is 0 Å². The van der Waals surface area contributed by atoms with Gasteiger partial charge >= 0.3 is 0 Å². The van der Waals surface area contributed by atoms with Crippen LogP contribution < -0.4 is 10.9 Å². The molecule has 3 aromatic rings. The van der Waals surface area contributed by atoms with Gasteiger partial charge in [-0.15, -0.1) is 0 Å². The monoisotopic (exact) mass is 421 g/mol. The Bertz CT molecular complexity index is 1120. The Balaban J connectivity index is 1.36. The minimum atomic E-state index is -0.811. The van der Waals surface area contributed by atoms with Gasteiger partial charge in [0.15, 0.2) is 0 Å². The van der Waals surface area contributed by atoms with E-state index in [-0.39, 0.29) is 17.2 Å². The van der Waals surface area contributed by atoms with Crippen molar-refractivity contribution in [1.82, 2.24) is 15.2 Å². The van der Waals surface area contributed by atoms with E-state index < -0.39 is 6.10 Å². The molecule has 1 aromatic heterocycles. The molecule has 0 bridgehead atoms. The molecule has 31 heavy (non-hydrogen) atoms. The fourth-order valence-corrected chi connectivity index (χ4v) is 4.06. The van der Waals surface area contributed by atoms with E-state index in [1.165, 1.54) is 18.6 Å². The average Bonchev–Trinajstić information content (AvgIpc) is 2.80. The van der Waals surface area contributed by atoms with E-state index in [1.54, 1.807) is 12.1 Å². The number of fused-ring (bicyclic) bond motifs is 1. The van der Waals surface area contributed by atoms with E-state index in [2.05, 4.69) is 10.3 Å². The number of aromatic hydroxyl groups is 1. The zero-order valence-corrected chi connectivity index (χ0v) is 17.3. The minimum absolute atomic E-state index is 0.0317. The number of phenols is 1. The van der Waals surface area contributed by atoms with Crippen LogP contribution in [0, 0.1) is 0 Å². The second-order valence-corrected chi connectivity index (χ2v) is 7.98. The lowest BCUT2D eigenvalue weighted by atomic mass is 10.0. The number of aliphatic hydroxyl groups excluding tert-OH is 1. The number of nitrogens with one attached hydrogen (secondary N) is 2. The Morgan fingerprint density at radius 2 is 1.77 bits per heavy atom. The SMILES string of the molecule is O=C(c1ccc(CNCC(O)c2ccc(O)c3[nH]c(=O)ccc23)cc1)N1CCCCC1. The fourth-order valence-electron chi connectivity index (χ4n) is 4.06. The van der Waals surface area contributed by atoms with Gasteiger partial charge in [0.1, 0.15) is 5.75 Å². The molecular weight excluding hydrogens is 394 g/mol. The van der Waals surface area contributed by atoms with Crippen LogP contribution in [0.2, 0.25) is 0 Å². The Morgan fingerprint density at radius 3 is 2.52 bits per heavy atom. The van der Waals surface area contributed by atoms with Crippen LogP contribution in [-0.4, -0.2) is 45.6 Å². The van der Waals surface area contributed by atoms with Crippen LogP contribution in [0.1, 0.15) is 46.9 Å². The summed E-state index contributed by atoms with van der Waals surface area (Å²) in [6, 6.07) is 13.7. The number of carbonyl (C=O) groups is 1. The number of pyridine rings is 1. The molecule has 4 N–H and O–H groups in total. The molecule has 1 aliphatic heterocycles. The van der Waals surface area contributed by atoms with E-state index in [0.29, 0.717) is 35.1 Å². The molecule has 0 spiro atoms. The van der Waals surface area contributed by atoms with Gasteiger partial charge in [-0.1, -0.05) is 18.2 Å². The van der Waals surface area contributed by atoms with Gasteiger partial charge in [0.2, 0.25) is 5.56 Å². The molecule has 1 amide bonds. The molecule has 7 nitrogen and oxygen atoms in total. The van der Waals surface area contributed by atoms with Crippen molar-refractivity contribution >= 4 is 16.8 Å². The first kappa shape index (κ1) is 21.1. The normalized spacial score (nSPS) is 15.2. The first-order chi connectivity index (χ1) is 15.0. The number of hydrogen-bond acceptors (Lipinski definition) is 5. The van der Waals surface area contributed by atoms with Gasteiger partial charge in [0.25, 0.3) is 5.91 Å². The Hall–Kier alpha value is -3.16. The average molecular weight is 421 g/mol. The quantitative estimate of drug-likeness (QED) is 0.490. The van der Waals surface area contributed by atoms with Crippen molar-refractivity contribution in [2.45, 2.75) is 31.9 Å². The van der Waals surface area contributed by atoms with Gasteiger partial charge in [-0.25, -0.2) is 0 Å². The van der Waals surface area contributed by atoms with E-state index >= 15 is 0 Å². The number of H-pyrrole nitrogens is 1. The van der Waals surface area contributed by atoms with Gasteiger partial charge in [-0.3, -0.25) is 9.59 Å². The summed E-state index contributed by atoms with van der Waals surface area (Å²) in [5, 5.41) is 24.4. The third kappa shape index (κ3) is 4.78. The first-order valence-corrected chi connectivity index (χ1v) is 10.6. The van der Waals surface area contributed by atoms with Crippen molar-refractivity contribution in [3.63, 3.8) is 0 Å². The zero-order chi connectivity index (χ0) is 21.8. The second-order valence-electron chi connectivity index (χ2n) is 7.98. The lowest BCUT2D eigenvalue weighted by Crippen LogP contribution is -2.35. The Labute approximate surface area is 180 Å². The molecule has 0 radical (unpaired) electrons. The number of piperidine rings is 1. The molecule has 1 unspecified atom stereocenters. The maximum absolute atomic E-state index is 12.6. The van der Waals surface area contributed by atoms with Crippen LogP contribution in [0.15, 0.2) is 53.3 Å². The van der Waals surface area contributed by atoms with Crippen LogP contribution in [0.25, 0.3) is 10.9 Å². The number of likely N-dealkylation sites (tertiary alicyclic amines) is 1. The number of hydrogen-bond donors (Lipinski definition) is 4. The highest BCUT2D eigenvalue weighted by Gasteiger charge is 2.18. The summed E-state index contributed by atoms with van der Waals surface area (Å²) in [6.07, 6.45) is 2.53. The molecule has 2 aromatic carbocycles. The van der Waals surface area contributed by atoms with Crippen LogP contribution in [0.4, 0.5) is 0 Å². The molecule has 4 rings (SSSR count). The molecule has 0 aliphatic carbocycles. The van der Waals surface area contributed by atoms with Crippen molar-refractivity contribution < 1.29 is 15.0 Å². The van der Waals surface area contributed by atoms with Gasteiger partial charge in [-0.05, 0) is 54.7 Å². The fraction of sp³-hybridized carbons (Fsp3) is 0.333. The van der Waals surface area contributed by atoms with Gasteiger partial charge in [0, 0.05) is 43.2 Å². The summed E-state index contributed by atoms with van der Waals surface area (Å²) in [7, 11) is 0. The number of benzene rings is 2. The van der Waals surface area contributed by atoms with Crippen LogP contribution in [0.5, 0.6) is 5.75 Å². The molecular formula is C24H27N3O4. The highest BCUT2D eigenvalue weighted by Crippen LogP contribution is 2.28. The summed E-state index contributed by atoms with van der Waals surface area (Å²) >= 11 is 0. The van der Waals surface area contributed by atoms with Gasteiger partial charge in [-0.2, -0.15) is 0 Å². The number of carbonyl (C=O) groups excluding carboxylic acids is 1. The third-order valence-corrected chi connectivity index (χ3v) is 5.78. The number of aromatic amines is 1. The van der Waals surface area contributed by atoms with E-state index in [9.17, 15) is 19.8 Å². The number of rotatable bonds is 6. The molecule has 2 heterocycles. The topological polar surface area (TPSA) is 106 Å². The highest BCUT2D eigenvalue weighted by atomic mass is 16.3. The molecule has 7 heteroatoms. The Morgan fingerprint density at radius 1 is 1.03 bits per heavy atom. The molecule has 0 saturated carbocycles.